The van der Waals surface area contributed by atoms with Crippen molar-refractivity contribution in [1.82, 2.24) is 5.32 Å². The maximum Gasteiger partial charge on any atom is 0.319 e. The highest BCUT2D eigenvalue weighted by molar-refractivity contribution is 7.91. The number of sulfone groups is 1. The summed E-state index contributed by atoms with van der Waals surface area (Å²) >= 11 is 4.21. The molecule has 2 N–H and O–H groups in total. The molecule has 0 spiro atoms. The quantitative estimate of drug-likeness (QED) is 0.717. The van der Waals surface area contributed by atoms with E-state index in [-0.39, 0.29) is 17.5 Å². The van der Waals surface area contributed by atoms with Gasteiger partial charge in [0.2, 0.25) is 0 Å². The van der Waals surface area contributed by atoms with E-state index in [2.05, 4.69) is 23.3 Å². The van der Waals surface area contributed by atoms with Crippen molar-refractivity contribution in [2.75, 3.05) is 16.8 Å². The van der Waals surface area contributed by atoms with E-state index in [1.807, 2.05) is 6.07 Å². The van der Waals surface area contributed by atoms with Crippen LogP contribution in [0.15, 0.2) is 29.2 Å². The number of carbonyl (C=O) groups is 1. The largest absolute Gasteiger partial charge is 0.334 e. The Morgan fingerprint density at radius 1 is 1.33 bits per heavy atom. The molecule has 5 nitrogen and oxygen atoms in total. The van der Waals surface area contributed by atoms with Crippen molar-refractivity contribution in [3.8, 4) is 0 Å². The van der Waals surface area contributed by atoms with Gasteiger partial charge < -0.3 is 10.6 Å². The Bertz CT molecular complexity index is 557. The molecule has 0 saturated carbocycles. The highest BCUT2D eigenvalue weighted by Gasteiger charge is 2.28. The van der Waals surface area contributed by atoms with Crippen LogP contribution < -0.4 is 10.6 Å². The maximum absolute atomic E-state index is 11.7. The number of thiol groups is 1. The van der Waals surface area contributed by atoms with Gasteiger partial charge in [-0.15, -0.1) is 12.6 Å². The van der Waals surface area contributed by atoms with Gasteiger partial charge in [0.15, 0.2) is 9.84 Å². The average Bonchev–Trinajstić information content (AvgIpc) is 2.61. The summed E-state index contributed by atoms with van der Waals surface area (Å²) in [5, 5.41) is 5.29. The lowest BCUT2D eigenvalue weighted by Gasteiger charge is -2.12. The Morgan fingerprint density at radius 2 is 2.06 bits per heavy atom. The van der Waals surface area contributed by atoms with Crippen LogP contribution in [-0.2, 0) is 9.84 Å². The Hall–Kier alpha value is -1.21. The zero-order valence-electron chi connectivity index (χ0n) is 9.59. The minimum absolute atomic E-state index is 0.0168. The number of nitrogens with one attached hydrogen (secondary N) is 2. The van der Waals surface area contributed by atoms with Gasteiger partial charge in [0, 0.05) is 10.9 Å². The monoisotopic (exact) mass is 286 g/mol. The van der Waals surface area contributed by atoms with Crippen LogP contribution >= 0.6 is 12.6 Å². The summed E-state index contributed by atoms with van der Waals surface area (Å²) in [6.07, 6.45) is 0.471. The molecule has 0 bridgehead atoms. The molecule has 1 aromatic rings. The van der Waals surface area contributed by atoms with E-state index in [1.165, 1.54) is 0 Å². The maximum atomic E-state index is 11.7. The van der Waals surface area contributed by atoms with Crippen molar-refractivity contribution in [3.63, 3.8) is 0 Å². The fraction of sp³-hybridized carbons (Fsp3) is 0.364. The van der Waals surface area contributed by atoms with Gasteiger partial charge in [-0.1, -0.05) is 12.1 Å². The van der Waals surface area contributed by atoms with Gasteiger partial charge in [-0.25, -0.2) is 13.2 Å². The second-order valence-electron chi connectivity index (χ2n) is 4.22. The molecular formula is C11H14N2O3S2. The normalized spacial score (nSPS) is 21.5. The average molecular weight is 286 g/mol. The number of urea groups is 1. The lowest BCUT2D eigenvalue weighted by Crippen LogP contribution is -2.38. The van der Waals surface area contributed by atoms with Gasteiger partial charge in [-0.05, 0) is 18.6 Å². The Balaban J connectivity index is 1.92. The van der Waals surface area contributed by atoms with E-state index in [0.717, 1.165) is 0 Å². The van der Waals surface area contributed by atoms with Crippen LogP contribution in [-0.4, -0.2) is 32.0 Å². The molecule has 7 heteroatoms. The molecule has 1 unspecified atom stereocenters. The predicted molar refractivity (Wildman–Crippen MR) is 72.9 cm³/mol. The van der Waals surface area contributed by atoms with E-state index < -0.39 is 15.9 Å². The molecule has 0 aliphatic carbocycles. The van der Waals surface area contributed by atoms with Gasteiger partial charge in [0.1, 0.15) is 0 Å². The first-order valence-corrected chi connectivity index (χ1v) is 7.79. The minimum Gasteiger partial charge on any atom is -0.334 e. The number of benzene rings is 1. The van der Waals surface area contributed by atoms with Crippen LogP contribution in [0.5, 0.6) is 0 Å². The van der Waals surface area contributed by atoms with Crippen LogP contribution in [0.25, 0.3) is 0 Å². The van der Waals surface area contributed by atoms with Crippen molar-refractivity contribution < 1.29 is 13.2 Å². The smallest absolute Gasteiger partial charge is 0.319 e. The molecule has 1 aliphatic rings. The molecule has 1 aliphatic heterocycles. The minimum atomic E-state index is -2.98. The Morgan fingerprint density at radius 3 is 2.67 bits per heavy atom. The van der Waals surface area contributed by atoms with Gasteiger partial charge in [0.25, 0.3) is 0 Å². The standard InChI is InChI=1S/C11H14N2O3S2/c14-11(12-8-5-6-18(15,16)7-8)13-9-3-1-2-4-10(9)17/h1-4,8,17H,5-7H2,(H2,12,13,14). The first-order chi connectivity index (χ1) is 8.46. The van der Waals surface area contributed by atoms with E-state index in [4.69, 9.17) is 0 Å². The number of amides is 2. The first kappa shape index (κ1) is 13.2. The van der Waals surface area contributed by atoms with Crippen LogP contribution in [0.4, 0.5) is 10.5 Å². The van der Waals surface area contributed by atoms with Crippen molar-refractivity contribution in [2.24, 2.45) is 0 Å². The molecule has 1 fully saturated rings. The summed E-state index contributed by atoms with van der Waals surface area (Å²) in [7, 11) is -2.98. The summed E-state index contributed by atoms with van der Waals surface area (Å²) < 4.78 is 22.5. The second-order valence-corrected chi connectivity index (χ2v) is 6.93. The highest BCUT2D eigenvalue weighted by atomic mass is 32.2. The van der Waals surface area contributed by atoms with Gasteiger partial charge >= 0.3 is 6.03 Å². The number of rotatable bonds is 2. The summed E-state index contributed by atoms with van der Waals surface area (Å²) in [5.74, 6) is 0.157. The lowest BCUT2D eigenvalue weighted by atomic mass is 10.3. The zero-order valence-corrected chi connectivity index (χ0v) is 11.3. The third-order valence-corrected chi connectivity index (χ3v) is 4.88. The third kappa shape index (κ3) is 3.39. The fourth-order valence-electron chi connectivity index (χ4n) is 1.83. The van der Waals surface area contributed by atoms with E-state index in [1.54, 1.807) is 18.2 Å². The molecule has 1 atom stereocenters. The van der Waals surface area contributed by atoms with Crippen LogP contribution in [0.3, 0.4) is 0 Å². The Kier molecular flexibility index (Phi) is 3.82. The lowest BCUT2D eigenvalue weighted by molar-refractivity contribution is 0.249. The molecule has 2 rings (SSSR count). The summed E-state index contributed by atoms with van der Waals surface area (Å²) in [6, 6.07) is 6.39. The summed E-state index contributed by atoms with van der Waals surface area (Å²) in [5.41, 5.74) is 0.596. The Labute approximate surface area is 111 Å². The molecule has 1 saturated heterocycles. The van der Waals surface area contributed by atoms with Crippen molar-refractivity contribution in [2.45, 2.75) is 17.4 Å². The molecule has 0 radical (unpaired) electrons. The molecule has 1 aromatic carbocycles. The fourth-order valence-corrected chi connectivity index (χ4v) is 3.72. The summed E-state index contributed by atoms with van der Waals surface area (Å²) in [6.45, 7) is 0. The number of para-hydroxylation sites is 1. The SMILES string of the molecule is O=C(Nc1ccccc1S)NC1CCS(=O)(=O)C1. The van der Waals surface area contributed by atoms with Gasteiger partial charge in [-0.3, -0.25) is 0 Å². The van der Waals surface area contributed by atoms with Crippen molar-refractivity contribution in [3.05, 3.63) is 24.3 Å². The number of hydrogen-bond donors (Lipinski definition) is 3. The topological polar surface area (TPSA) is 75.3 Å². The zero-order chi connectivity index (χ0) is 13.2. The van der Waals surface area contributed by atoms with Crippen LogP contribution in [0.2, 0.25) is 0 Å². The van der Waals surface area contributed by atoms with E-state index in [0.29, 0.717) is 17.0 Å². The number of carbonyl (C=O) groups excluding carboxylic acids is 1. The number of anilines is 1. The first-order valence-electron chi connectivity index (χ1n) is 5.52. The van der Waals surface area contributed by atoms with Crippen LogP contribution in [0, 0.1) is 0 Å². The van der Waals surface area contributed by atoms with Crippen molar-refractivity contribution in [1.29, 1.82) is 0 Å². The predicted octanol–water partition coefficient (Wildman–Crippen LogP) is 1.28. The molecule has 2 amide bonds. The van der Waals surface area contributed by atoms with Gasteiger partial charge in [-0.2, -0.15) is 0 Å². The second kappa shape index (κ2) is 5.19. The van der Waals surface area contributed by atoms with Gasteiger partial charge in [0.05, 0.1) is 17.2 Å². The highest BCUT2D eigenvalue weighted by Crippen LogP contribution is 2.18. The molecule has 98 valence electrons. The number of hydrogen-bond acceptors (Lipinski definition) is 4. The third-order valence-electron chi connectivity index (χ3n) is 2.72. The molecular weight excluding hydrogens is 272 g/mol. The van der Waals surface area contributed by atoms with E-state index >= 15 is 0 Å². The molecule has 1 heterocycles. The van der Waals surface area contributed by atoms with Crippen molar-refractivity contribution >= 4 is 34.2 Å². The van der Waals surface area contributed by atoms with Crippen LogP contribution in [0.1, 0.15) is 6.42 Å². The molecule has 18 heavy (non-hydrogen) atoms. The van der Waals surface area contributed by atoms with E-state index in [9.17, 15) is 13.2 Å². The summed E-state index contributed by atoms with van der Waals surface area (Å²) in [4.78, 5) is 12.3. The molecule has 0 aromatic heterocycles.